The summed E-state index contributed by atoms with van der Waals surface area (Å²) in [5, 5.41) is 8.06. The third-order valence-electron chi connectivity index (χ3n) is 5.59. The van der Waals surface area contributed by atoms with Crippen LogP contribution in [0.25, 0.3) is 10.9 Å². The predicted molar refractivity (Wildman–Crippen MR) is 135 cm³/mol. The van der Waals surface area contributed by atoms with E-state index < -0.39 is 0 Å². The molecule has 0 radical (unpaired) electrons. The molecule has 3 rings (SSSR count). The molecule has 166 valence electrons. The summed E-state index contributed by atoms with van der Waals surface area (Å²) >= 11 is 0. The van der Waals surface area contributed by atoms with Crippen molar-refractivity contribution < 1.29 is 4.79 Å². The van der Waals surface area contributed by atoms with Crippen LogP contribution in [0.5, 0.6) is 0 Å². The molecule has 2 heterocycles. The first-order valence-corrected chi connectivity index (χ1v) is 10.5. The molecule has 1 amide bonds. The topological polar surface area (TPSA) is 75.8 Å². The molecule has 2 aromatic rings. The molecule has 30 heavy (non-hydrogen) atoms. The van der Waals surface area contributed by atoms with E-state index in [4.69, 9.17) is 0 Å². The largest absolute Gasteiger partial charge is 0.361 e. The van der Waals surface area contributed by atoms with Gasteiger partial charge in [0.15, 0.2) is 5.96 Å². The van der Waals surface area contributed by atoms with Crippen molar-refractivity contribution in [3.8, 4) is 0 Å². The fourth-order valence-electron chi connectivity index (χ4n) is 4.04. The zero-order valence-electron chi connectivity index (χ0n) is 18.3. The molecule has 3 N–H and O–H groups in total. The Morgan fingerprint density at radius 3 is 2.80 bits per heavy atom. The van der Waals surface area contributed by atoms with E-state index in [0.29, 0.717) is 0 Å². The number of likely N-dealkylation sites (N-methyl/N-ethyl adjacent to an activating group) is 1. The number of nitrogens with one attached hydrogen (secondary N) is 3. The first-order valence-electron chi connectivity index (χ1n) is 10.5. The van der Waals surface area contributed by atoms with Gasteiger partial charge in [-0.05, 0) is 43.9 Å². The fourth-order valence-corrected chi connectivity index (χ4v) is 4.04. The van der Waals surface area contributed by atoms with Crippen molar-refractivity contribution in [3.05, 3.63) is 36.0 Å². The van der Waals surface area contributed by atoms with E-state index in [1.807, 2.05) is 20.2 Å². The maximum absolute atomic E-state index is 12.3. The van der Waals surface area contributed by atoms with E-state index in [1.54, 1.807) is 11.9 Å². The quantitative estimate of drug-likeness (QED) is 0.214. The monoisotopic (exact) mass is 526 g/mol. The molecule has 0 saturated carbocycles. The maximum atomic E-state index is 12.3. The highest BCUT2D eigenvalue weighted by Gasteiger charge is 2.30. The number of amides is 1. The minimum Gasteiger partial charge on any atom is -0.361 e. The number of rotatable bonds is 8. The lowest BCUT2D eigenvalue weighted by Crippen LogP contribution is -2.44. The molecule has 1 aromatic heterocycles. The number of hydrogen-bond donors (Lipinski definition) is 3. The Labute approximate surface area is 196 Å². The van der Waals surface area contributed by atoms with Crippen molar-refractivity contribution in [1.82, 2.24) is 25.4 Å². The van der Waals surface area contributed by atoms with Crippen molar-refractivity contribution in [2.45, 2.75) is 31.7 Å². The summed E-state index contributed by atoms with van der Waals surface area (Å²) in [6, 6.07) is 8.43. The molecule has 1 aromatic carbocycles. The van der Waals surface area contributed by atoms with E-state index in [1.165, 1.54) is 16.5 Å². The molecule has 0 bridgehead atoms. The van der Waals surface area contributed by atoms with Gasteiger partial charge in [-0.3, -0.25) is 14.7 Å². The van der Waals surface area contributed by atoms with Crippen LogP contribution in [-0.4, -0.2) is 80.0 Å². The van der Waals surface area contributed by atoms with E-state index in [9.17, 15) is 4.79 Å². The third kappa shape index (κ3) is 6.34. The number of aliphatic imine (C=N–C) groups is 1. The van der Waals surface area contributed by atoms with Crippen LogP contribution in [0.15, 0.2) is 35.5 Å². The van der Waals surface area contributed by atoms with Gasteiger partial charge in [0.05, 0.1) is 6.04 Å². The standard InChI is InChI=1S/C22H34N6O.HI/c1-23-22(25-13-11-17-16-26-19-9-5-4-8-18(17)19)24-12-7-15-28-14-6-10-20(28)21(29)27(2)3;/h4-5,8-9,16,20,26H,6-7,10-15H2,1-3H3,(H2,23,24,25);1H. The van der Waals surface area contributed by atoms with Gasteiger partial charge in [0.2, 0.25) is 5.91 Å². The van der Waals surface area contributed by atoms with Gasteiger partial charge in [-0.1, -0.05) is 18.2 Å². The van der Waals surface area contributed by atoms with Crippen LogP contribution in [0, 0.1) is 0 Å². The number of halogens is 1. The van der Waals surface area contributed by atoms with Gasteiger partial charge in [0, 0.05) is 57.9 Å². The second-order valence-corrected chi connectivity index (χ2v) is 7.82. The normalized spacial score (nSPS) is 17.0. The van der Waals surface area contributed by atoms with Gasteiger partial charge in [0.1, 0.15) is 0 Å². The molecule has 1 atom stereocenters. The number of nitrogens with zero attached hydrogens (tertiary/aromatic N) is 3. The molecular formula is C22H35IN6O. The van der Waals surface area contributed by atoms with Crippen LogP contribution in [0.4, 0.5) is 0 Å². The summed E-state index contributed by atoms with van der Waals surface area (Å²) < 4.78 is 0. The Balaban J connectivity index is 0.00000320. The molecular weight excluding hydrogens is 491 g/mol. The molecule has 0 aliphatic carbocycles. The SMILES string of the molecule is CN=C(NCCCN1CCCC1C(=O)N(C)C)NCCc1c[nH]c2ccccc12.I. The van der Waals surface area contributed by atoms with Gasteiger partial charge in [-0.2, -0.15) is 0 Å². The molecule has 8 heteroatoms. The van der Waals surface area contributed by atoms with E-state index >= 15 is 0 Å². The number of fused-ring (bicyclic) bond motifs is 1. The first-order chi connectivity index (χ1) is 14.1. The Bertz CT molecular complexity index is 834. The van der Waals surface area contributed by atoms with Crippen LogP contribution < -0.4 is 10.6 Å². The summed E-state index contributed by atoms with van der Waals surface area (Å²) in [7, 11) is 5.48. The number of carbonyl (C=O) groups excluding carboxylic acids is 1. The molecule has 1 fully saturated rings. The van der Waals surface area contributed by atoms with Gasteiger partial charge < -0.3 is 20.5 Å². The summed E-state index contributed by atoms with van der Waals surface area (Å²) in [4.78, 5) is 23.9. The van der Waals surface area contributed by atoms with Crippen molar-refractivity contribution in [3.63, 3.8) is 0 Å². The van der Waals surface area contributed by atoms with E-state index in [-0.39, 0.29) is 35.9 Å². The van der Waals surface area contributed by atoms with Crippen molar-refractivity contribution >= 4 is 46.7 Å². The minimum atomic E-state index is 0. The summed E-state index contributed by atoms with van der Waals surface area (Å²) in [6.07, 6.45) is 6.09. The van der Waals surface area contributed by atoms with Crippen molar-refractivity contribution in [1.29, 1.82) is 0 Å². The number of carbonyl (C=O) groups is 1. The zero-order valence-corrected chi connectivity index (χ0v) is 20.6. The summed E-state index contributed by atoms with van der Waals surface area (Å²) in [5.74, 6) is 1.05. The van der Waals surface area contributed by atoms with E-state index in [2.05, 4.69) is 49.9 Å². The molecule has 1 aliphatic heterocycles. The number of H-pyrrole nitrogens is 1. The average Bonchev–Trinajstić information content (AvgIpc) is 3.36. The minimum absolute atomic E-state index is 0. The molecule has 1 unspecified atom stereocenters. The lowest BCUT2D eigenvalue weighted by atomic mass is 10.1. The van der Waals surface area contributed by atoms with Crippen LogP contribution in [0.2, 0.25) is 0 Å². The number of guanidine groups is 1. The number of aromatic amines is 1. The first kappa shape index (κ1) is 24.5. The van der Waals surface area contributed by atoms with Gasteiger partial charge in [-0.15, -0.1) is 24.0 Å². The lowest BCUT2D eigenvalue weighted by Gasteiger charge is -2.26. The third-order valence-corrected chi connectivity index (χ3v) is 5.59. The summed E-state index contributed by atoms with van der Waals surface area (Å²) in [5.41, 5.74) is 2.49. The second kappa shape index (κ2) is 12.1. The number of aromatic nitrogens is 1. The maximum Gasteiger partial charge on any atom is 0.239 e. The second-order valence-electron chi connectivity index (χ2n) is 7.82. The molecule has 0 spiro atoms. The van der Waals surface area contributed by atoms with Crippen molar-refractivity contribution in [2.75, 3.05) is 47.3 Å². The number of para-hydroxylation sites is 1. The van der Waals surface area contributed by atoms with Crippen LogP contribution >= 0.6 is 24.0 Å². The number of benzene rings is 1. The highest BCUT2D eigenvalue weighted by Crippen LogP contribution is 2.19. The predicted octanol–water partition coefficient (Wildman–Crippen LogP) is 2.44. The van der Waals surface area contributed by atoms with E-state index in [0.717, 1.165) is 57.8 Å². The van der Waals surface area contributed by atoms with Gasteiger partial charge in [-0.25, -0.2) is 0 Å². The number of likely N-dealkylation sites (tertiary alicyclic amines) is 1. The molecule has 1 aliphatic rings. The Hall–Kier alpha value is -1.81. The average molecular weight is 526 g/mol. The Kier molecular flexibility index (Phi) is 9.90. The van der Waals surface area contributed by atoms with Crippen LogP contribution in [-0.2, 0) is 11.2 Å². The molecule has 7 nitrogen and oxygen atoms in total. The number of hydrogen-bond acceptors (Lipinski definition) is 3. The van der Waals surface area contributed by atoms with Crippen LogP contribution in [0.1, 0.15) is 24.8 Å². The lowest BCUT2D eigenvalue weighted by molar-refractivity contribution is -0.133. The van der Waals surface area contributed by atoms with Gasteiger partial charge in [0.25, 0.3) is 0 Å². The fraction of sp³-hybridized carbons (Fsp3) is 0.545. The van der Waals surface area contributed by atoms with Gasteiger partial charge >= 0.3 is 0 Å². The summed E-state index contributed by atoms with van der Waals surface area (Å²) in [6.45, 7) is 3.62. The smallest absolute Gasteiger partial charge is 0.239 e. The molecule has 1 saturated heterocycles. The van der Waals surface area contributed by atoms with Crippen molar-refractivity contribution in [2.24, 2.45) is 4.99 Å². The zero-order chi connectivity index (χ0) is 20.6. The Morgan fingerprint density at radius 1 is 1.27 bits per heavy atom. The highest BCUT2D eigenvalue weighted by molar-refractivity contribution is 14.0. The highest BCUT2D eigenvalue weighted by atomic mass is 127. The Morgan fingerprint density at radius 2 is 2.03 bits per heavy atom. The van der Waals surface area contributed by atoms with Crippen LogP contribution in [0.3, 0.4) is 0 Å².